The second-order valence-corrected chi connectivity index (χ2v) is 6.51. The van der Waals surface area contributed by atoms with Gasteiger partial charge in [-0.25, -0.2) is 9.59 Å². The van der Waals surface area contributed by atoms with E-state index in [-0.39, 0.29) is 11.3 Å². The Morgan fingerprint density at radius 2 is 1.71 bits per heavy atom. The number of aromatic carboxylic acids is 1. The zero-order chi connectivity index (χ0) is 17.9. The summed E-state index contributed by atoms with van der Waals surface area (Å²) in [6.45, 7) is 7.08. The Labute approximate surface area is 141 Å². The average molecular weight is 327 g/mol. The molecule has 1 amide bonds. The van der Waals surface area contributed by atoms with Crippen LogP contribution in [0.4, 0.5) is 10.5 Å². The number of anilines is 1. The van der Waals surface area contributed by atoms with Crippen LogP contribution in [0.1, 0.15) is 36.7 Å². The van der Waals surface area contributed by atoms with Crippen molar-refractivity contribution in [3.63, 3.8) is 0 Å². The Bertz CT molecular complexity index is 761. The number of amides is 1. The van der Waals surface area contributed by atoms with E-state index in [0.717, 1.165) is 16.7 Å². The molecule has 0 saturated heterocycles. The predicted molar refractivity (Wildman–Crippen MR) is 93.4 cm³/mol. The Morgan fingerprint density at radius 3 is 2.25 bits per heavy atom. The Balaban J connectivity index is 2.45. The Hall–Kier alpha value is -2.82. The molecule has 0 bridgehead atoms. The fraction of sp³-hybridized carbons (Fsp3) is 0.263. The highest BCUT2D eigenvalue weighted by atomic mass is 16.6. The fourth-order valence-corrected chi connectivity index (χ4v) is 2.33. The molecule has 0 aliphatic rings. The van der Waals surface area contributed by atoms with Gasteiger partial charge in [-0.05, 0) is 56.5 Å². The zero-order valence-corrected chi connectivity index (χ0v) is 14.2. The minimum Gasteiger partial charge on any atom is -0.478 e. The van der Waals surface area contributed by atoms with Crippen LogP contribution in [0, 0.1) is 6.92 Å². The summed E-state index contributed by atoms with van der Waals surface area (Å²) in [5.41, 5.74) is 2.18. The second kappa shape index (κ2) is 6.74. The summed E-state index contributed by atoms with van der Waals surface area (Å²) in [6, 6.07) is 12.8. The lowest BCUT2D eigenvalue weighted by molar-refractivity contribution is 0.0636. The molecule has 0 unspecified atom stereocenters. The first-order chi connectivity index (χ1) is 11.2. The maximum atomic E-state index is 12.0. The molecule has 5 heteroatoms. The van der Waals surface area contributed by atoms with Gasteiger partial charge in [0.15, 0.2) is 0 Å². The molecule has 0 heterocycles. The molecular weight excluding hydrogens is 306 g/mol. The van der Waals surface area contributed by atoms with Gasteiger partial charge in [0.1, 0.15) is 5.60 Å². The third-order valence-electron chi connectivity index (χ3n) is 3.32. The lowest BCUT2D eigenvalue weighted by Crippen LogP contribution is -2.27. The molecule has 0 spiro atoms. The number of nitrogens with one attached hydrogen (secondary N) is 1. The molecule has 2 aromatic rings. The van der Waals surface area contributed by atoms with Gasteiger partial charge in [0.2, 0.25) is 0 Å². The third-order valence-corrected chi connectivity index (χ3v) is 3.32. The molecule has 2 N–H and O–H groups in total. The van der Waals surface area contributed by atoms with Gasteiger partial charge < -0.3 is 9.84 Å². The maximum Gasteiger partial charge on any atom is 0.412 e. The summed E-state index contributed by atoms with van der Waals surface area (Å²) in [7, 11) is 0. The van der Waals surface area contributed by atoms with Crippen molar-refractivity contribution >= 4 is 17.7 Å². The first kappa shape index (κ1) is 17.5. The molecule has 2 aromatic carbocycles. The molecule has 126 valence electrons. The standard InChI is InChI=1S/C19H21NO4/c1-12-10-15(17(21)22)16(20-18(23)24-19(2,3)4)11-14(12)13-8-6-5-7-9-13/h5-11H,1-4H3,(H,20,23)(H,21,22). The molecule has 5 nitrogen and oxygen atoms in total. The van der Waals surface area contributed by atoms with Gasteiger partial charge in [0, 0.05) is 0 Å². The molecule has 24 heavy (non-hydrogen) atoms. The number of aryl methyl sites for hydroxylation is 1. The van der Waals surface area contributed by atoms with Crippen LogP contribution in [0.3, 0.4) is 0 Å². The number of hydrogen-bond donors (Lipinski definition) is 2. The highest BCUT2D eigenvalue weighted by molar-refractivity contribution is 6.00. The molecule has 0 fully saturated rings. The molecule has 0 radical (unpaired) electrons. The van der Waals surface area contributed by atoms with Crippen molar-refractivity contribution in [2.45, 2.75) is 33.3 Å². The van der Waals surface area contributed by atoms with E-state index in [1.807, 2.05) is 37.3 Å². The van der Waals surface area contributed by atoms with Gasteiger partial charge in [0.25, 0.3) is 0 Å². The van der Waals surface area contributed by atoms with Crippen LogP contribution in [0.5, 0.6) is 0 Å². The molecule has 2 rings (SSSR count). The van der Waals surface area contributed by atoms with Crippen LogP contribution in [0.25, 0.3) is 11.1 Å². The van der Waals surface area contributed by atoms with Gasteiger partial charge >= 0.3 is 12.1 Å². The van der Waals surface area contributed by atoms with E-state index in [0.29, 0.717) is 0 Å². The summed E-state index contributed by atoms with van der Waals surface area (Å²) in [4.78, 5) is 23.5. The van der Waals surface area contributed by atoms with E-state index in [1.54, 1.807) is 32.9 Å². The minimum absolute atomic E-state index is 0.0260. The number of carbonyl (C=O) groups is 2. The van der Waals surface area contributed by atoms with E-state index in [4.69, 9.17) is 4.74 Å². The number of ether oxygens (including phenoxy) is 1. The highest BCUT2D eigenvalue weighted by Gasteiger charge is 2.20. The molecule has 0 aliphatic carbocycles. The topological polar surface area (TPSA) is 75.6 Å². The lowest BCUT2D eigenvalue weighted by atomic mass is 9.97. The number of carboxylic acids is 1. The van der Waals surface area contributed by atoms with Gasteiger partial charge in [-0.1, -0.05) is 30.3 Å². The van der Waals surface area contributed by atoms with Crippen molar-refractivity contribution in [1.29, 1.82) is 0 Å². The van der Waals surface area contributed by atoms with Crippen LogP contribution < -0.4 is 5.32 Å². The van der Waals surface area contributed by atoms with Crippen LogP contribution in [-0.4, -0.2) is 22.8 Å². The van der Waals surface area contributed by atoms with Crippen LogP contribution in [0.2, 0.25) is 0 Å². The smallest absolute Gasteiger partial charge is 0.412 e. The number of carbonyl (C=O) groups excluding carboxylic acids is 1. The van der Waals surface area contributed by atoms with Gasteiger partial charge in [0.05, 0.1) is 11.3 Å². The zero-order valence-electron chi connectivity index (χ0n) is 14.2. The normalized spacial score (nSPS) is 11.0. The lowest BCUT2D eigenvalue weighted by Gasteiger charge is -2.20. The second-order valence-electron chi connectivity index (χ2n) is 6.51. The van der Waals surface area contributed by atoms with E-state index in [9.17, 15) is 14.7 Å². The SMILES string of the molecule is Cc1cc(C(=O)O)c(NC(=O)OC(C)(C)C)cc1-c1ccccc1. The summed E-state index contributed by atoms with van der Waals surface area (Å²) in [5, 5.41) is 11.9. The summed E-state index contributed by atoms with van der Waals surface area (Å²) < 4.78 is 5.21. The predicted octanol–water partition coefficient (Wildman–Crippen LogP) is 4.71. The van der Waals surface area contributed by atoms with E-state index < -0.39 is 17.7 Å². The molecule has 0 atom stereocenters. The van der Waals surface area contributed by atoms with E-state index in [2.05, 4.69) is 5.32 Å². The van der Waals surface area contributed by atoms with Crippen molar-refractivity contribution in [2.75, 3.05) is 5.32 Å². The first-order valence-corrected chi connectivity index (χ1v) is 7.61. The van der Waals surface area contributed by atoms with Crippen LogP contribution >= 0.6 is 0 Å². The maximum absolute atomic E-state index is 12.0. The fourth-order valence-electron chi connectivity index (χ4n) is 2.33. The van der Waals surface area contributed by atoms with Crippen LogP contribution in [0.15, 0.2) is 42.5 Å². The number of benzene rings is 2. The van der Waals surface area contributed by atoms with Crippen molar-refractivity contribution in [1.82, 2.24) is 0 Å². The highest BCUT2D eigenvalue weighted by Crippen LogP contribution is 2.30. The van der Waals surface area contributed by atoms with Gasteiger partial charge in [-0.2, -0.15) is 0 Å². The molecule has 0 saturated carbocycles. The summed E-state index contributed by atoms with van der Waals surface area (Å²) in [5.74, 6) is -1.11. The number of hydrogen-bond acceptors (Lipinski definition) is 3. The third kappa shape index (κ3) is 4.35. The molecule has 0 aromatic heterocycles. The van der Waals surface area contributed by atoms with E-state index in [1.165, 1.54) is 0 Å². The molecule has 0 aliphatic heterocycles. The number of carboxylic acid groups (broad SMARTS) is 1. The monoisotopic (exact) mass is 327 g/mol. The van der Waals surface area contributed by atoms with Crippen molar-refractivity contribution < 1.29 is 19.4 Å². The largest absolute Gasteiger partial charge is 0.478 e. The average Bonchev–Trinajstić information content (AvgIpc) is 2.47. The quantitative estimate of drug-likeness (QED) is 0.856. The van der Waals surface area contributed by atoms with E-state index >= 15 is 0 Å². The Kier molecular flexibility index (Phi) is 4.93. The Morgan fingerprint density at radius 1 is 1.08 bits per heavy atom. The van der Waals surface area contributed by atoms with Crippen molar-refractivity contribution in [2.24, 2.45) is 0 Å². The summed E-state index contributed by atoms with van der Waals surface area (Å²) in [6.07, 6.45) is -0.687. The van der Waals surface area contributed by atoms with Crippen molar-refractivity contribution in [3.05, 3.63) is 53.6 Å². The van der Waals surface area contributed by atoms with Crippen molar-refractivity contribution in [3.8, 4) is 11.1 Å². The van der Waals surface area contributed by atoms with Crippen LogP contribution in [-0.2, 0) is 4.74 Å². The van der Waals surface area contributed by atoms with Gasteiger partial charge in [-0.3, -0.25) is 5.32 Å². The summed E-state index contributed by atoms with van der Waals surface area (Å²) >= 11 is 0. The minimum atomic E-state index is -1.11. The van der Waals surface area contributed by atoms with Gasteiger partial charge in [-0.15, -0.1) is 0 Å². The number of rotatable bonds is 3. The molecular formula is C19H21NO4. The first-order valence-electron chi connectivity index (χ1n) is 7.61.